The van der Waals surface area contributed by atoms with Crippen LogP contribution < -0.4 is 0 Å². The van der Waals surface area contributed by atoms with Gasteiger partial charge in [-0.15, -0.1) is 22.7 Å². The van der Waals surface area contributed by atoms with Crippen LogP contribution >= 0.6 is 22.7 Å². The third kappa shape index (κ3) is 2.80. The van der Waals surface area contributed by atoms with E-state index in [9.17, 15) is 14.7 Å². The maximum Gasteiger partial charge on any atom is 0.313 e. The molecule has 3 heterocycles. The van der Waals surface area contributed by atoms with Gasteiger partial charge in [0, 0.05) is 35.0 Å². The van der Waals surface area contributed by atoms with Crippen molar-refractivity contribution in [2.45, 2.75) is 12.8 Å². The van der Waals surface area contributed by atoms with E-state index >= 15 is 0 Å². The molecule has 3 aromatic rings. The number of ether oxygens (including phenoxy) is 1. The number of carboxylic acids is 1. The molecule has 1 saturated heterocycles. The normalized spacial score (nSPS) is 20.7. The largest absolute Gasteiger partial charge is 0.481 e. The van der Waals surface area contributed by atoms with Crippen LogP contribution in [0.3, 0.4) is 0 Å². The highest BCUT2D eigenvalue weighted by molar-refractivity contribution is 7.33. The molecule has 0 aliphatic carbocycles. The number of hydrogen-bond donors (Lipinski definition) is 1. The fourth-order valence-electron chi connectivity index (χ4n) is 3.70. The maximum absolute atomic E-state index is 13.0. The summed E-state index contributed by atoms with van der Waals surface area (Å²) in [5.41, 5.74) is -1.01. The van der Waals surface area contributed by atoms with E-state index in [1.807, 2.05) is 18.2 Å². The van der Waals surface area contributed by atoms with Crippen LogP contribution in [0.1, 0.15) is 22.5 Å². The molecule has 26 heavy (non-hydrogen) atoms. The summed E-state index contributed by atoms with van der Waals surface area (Å²) in [6.07, 6.45) is 1.20. The molecule has 0 saturated carbocycles. The summed E-state index contributed by atoms with van der Waals surface area (Å²) in [6, 6.07) is 10.1. The van der Waals surface area contributed by atoms with Gasteiger partial charge in [-0.3, -0.25) is 9.59 Å². The second kappa shape index (κ2) is 6.64. The van der Waals surface area contributed by atoms with Crippen LogP contribution in [0.25, 0.3) is 19.5 Å². The molecular weight excluding hydrogens is 370 g/mol. The molecule has 1 amide bonds. The van der Waals surface area contributed by atoms with Crippen molar-refractivity contribution in [1.82, 2.24) is 4.90 Å². The Bertz CT molecular complexity index is 988. The molecular formula is C19H19NO4S2. The summed E-state index contributed by atoms with van der Waals surface area (Å²) in [6.45, 7) is 0.904. The second-order valence-corrected chi connectivity index (χ2v) is 8.89. The highest BCUT2D eigenvalue weighted by Crippen LogP contribution is 2.40. The number of aliphatic carboxylic acids is 1. The van der Waals surface area contributed by atoms with Gasteiger partial charge in [-0.25, -0.2) is 0 Å². The van der Waals surface area contributed by atoms with Crippen LogP contribution in [0.5, 0.6) is 0 Å². The van der Waals surface area contributed by atoms with Gasteiger partial charge in [0.25, 0.3) is 5.91 Å². The minimum atomic E-state index is -1.01. The smallest absolute Gasteiger partial charge is 0.313 e. The van der Waals surface area contributed by atoms with Gasteiger partial charge < -0.3 is 14.7 Å². The molecule has 0 radical (unpaired) electrons. The van der Waals surface area contributed by atoms with Crippen molar-refractivity contribution >= 4 is 54.0 Å². The monoisotopic (exact) mass is 389 g/mol. The lowest BCUT2D eigenvalue weighted by Crippen LogP contribution is -2.52. The SMILES string of the molecule is COCC1(C(=O)O)CCCN(C(=O)c2cc3sc4ccccc4c3s2)C1. The van der Waals surface area contributed by atoms with E-state index in [2.05, 4.69) is 12.1 Å². The number of piperidine rings is 1. The number of carbonyl (C=O) groups is 2. The Morgan fingerprint density at radius 1 is 1.27 bits per heavy atom. The van der Waals surface area contributed by atoms with E-state index in [1.165, 1.54) is 28.5 Å². The van der Waals surface area contributed by atoms with Crippen molar-refractivity contribution in [3.63, 3.8) is 0 Å². The number of carboxylic acid groups (broad SMARTS) is 1. The molecule has 1 atom stereocenters. The summed E-state index contributed by atoms with van der Waals surface area (Å²) in [5.74, 6) is -0.973. The summed E-state index contributed by atoms with van der Waals surface area (Å²) in [5, 5.41) is 10.9. The molecule has 1 aliphatic heterocycles. The van der Waals surface area contributed by atoms with Crippen molar-refractivity contribution in [2.24, 2.45) is 5.41 Å². The van der Waals surface area contributed by atoms with Crippen molar-refractivity contribution in [2.75, 3.05) is 26.8 Å². The topological polar surface area (TPSA) is 66.8 Å². The number of amides is 1. The van der Waals surface area contributed by atoms with Crippen molar-refractivity contribution < 1.29 is 19.4 Å². The number of thiophene rings is 2. The highest BCUT2D eigenvalue weighted by atomic mass is 32.1. The Morgan fingerprint density at radius 3 is 2.85 bits per heavy atom. The van der Waals surface area contributed by atoms with Crippen LogP contribution in [-0.4, -0.2) is 48.7 Å². The molecule has 1 aliphatic rings. The van der Waals surface area contributed by atoms with E-state index < -0.39 is 11.4 Å². The highest BCUT2D eigenvalue weighted by Gasteiger charge is 2.44. The molecule has 7 heteroatoms. The number of benzene rings is 1. The Hall–Kier alpha value is -1.96. The van der Waals surface area contributed by atoms with Gasteiger partial charge in [0.2, 0.25) is 0 Å². The van der Waals surface area contributed by atoms with E-state index in [1.54, 1.807) is 16.2 Å². The molecule has 2 aromatic heterocycles. The summed E-state index contributed by atoms with van der Waals surface area (Å²) in [7, 11) is 1.50. The van der Waals surface area contributed by atoms with Crippen LogP contribution in [-0.2, 0) is 9.53 Å². The quantitative estimate of drug-likeness (QED) is 0.730. The Morgan fingerprint density at radius 2 is 2.08 bits per heavy atom. The summed E-state index contributed by atoms with van der Waals surface area (Å²) in [4.78, 5) is 27.2. The summed E-state index contributed by atoms with van der Waals surface area (Å²) >= 11 is 3.18. The zero-order valence-electron chi connectivity index (χ0n) is 14.4. The first-order chi connectivity index (χ1) is 12.5. The number of nitrogens with zero attached hydrogens (tertiary/aromatic N) is 1. The van der Waals surface area contributed by atoms with Gasteiger partial charge in [0.1, 0.15) is 5.41 Å². The van der Waals surface area contributed by atoms with E-state index in [-0.39, 0.29) is 19.1 Å². The summed E-state index contributed by atoms with van der Waals surface area (Å²) < 4.78 is 8.61. The Balaban J connectivity index is 1.64. The molecule has 5 nitrogen and oxygen atoms in total. The lowest BCUT2D eigenvalue weighted by atomic mass is 9.80. The van der Waals surface area contributed by atoms with Gasteiger partial charge in [0.05, 0.1) is 16.2 Å². The molecule has 4 rings (SSSR count). The zero-order valence-corrected chi connectivity index (χ0v) is 16.0. The fraction of sp³-hybridized carbons (Fsp3) is 0.368. The average molecular weight is 389 g/mol. The first-order valence-electron chi connectivity index (χ1n) is 8.47. The van der Waals surface area contributed by atoms with Crippen LogP contribution in [0.2, 0.25) is 0 Å². The van der Waals surface area contributed by atoms with Gasteiger partial charge in [-0.05, 0) is 25.0 Å². The average Bonchev–Trinajstić information content (AvgIpc) is 3.19. The Labute approximate surface area is 158 Å². The predicted molar refractivity (Wildman–Crippen MR) is 104 cm³/mol. The van der Waals surface area contributed by atoms with Crippen LogP contribution in [0.4, 0.5) is 0 Å². The van der Waals surface area contributed by atoms with E-state index in [4.69, 9.17) is 4.74 Å². The van der Waals surface area contributed by atoms with Gasteiger partial charge in [-0.1, -0.05) is 18.2 Å². The molecule has 1 unspecified atom stereocenters. The maximum atomic E-state index is 13.0. The van der Waals surface area contributed by atoms with Crippen LogP contribution in [0, 0.1) is 5.41 Å². The molecule has 0 bridgehead atoms. The number of hydrogen-bond acceptors (Lipinski definition) is 5. The molecule has 0 spiro atoms. The standard InChI is InChI=1S/C19H19NO4S2/c1-24-11-19(18(22)23)7-4-8-20(10-19)17(21)15-9-14-16(26-15)12-5-2-3-6-13(12)25-14/h2-3,5-6,9H,4,7-8,10-11H2,1H3,(H,22,23). The van der Waals surface area contributed by atoms with Crippen molar-refractivity contribution in [3.05, 3.63) is 35.2 Å². The predicted octanol–water partition coefficient (Wildman–Crippen LogP) is 4.07. The second-order valence-electron chi connectivity index (χ2n) is 6.75. The van der Waals surface area contributed by atoms with E-state index in [0.29, 0.717) is 24.3 Å². The number of carbonyl (C=O) groups excluding carboxylic acids is 1. The fourth-order valence-corrected chi connectivity index (χ4v) is 6.19. The minimum absolute atomic E-state index is 0.0797. The van der Waals surface area contributed by atoms with Gasteiger partial charge >= 0.3 is 5.97 Å². The first-order valence-corrected chi connectivity index (χ1v) is 10.1. The minimum Gasteiger partial charge on any atom is -0.481 e. The lowest BCUT2D eigenvalue weighted by Gasteiger charge is -2.39. The van der Waals surface area contributed by atoms with Crippen molar-refractivity contribution in [3.8, 4) is 0 Å². The molecule has 1 aromatic carbocycles. The Kier molecular flexibility index (Phi) is 4.46. The third-order valence-electron chi connectivity index (χ3n) is 5.00. The molecule has 136 valence electrons. The molecule has 1 N–H and O–H groups in total. The number of rotatable bonds is 4. The number of methoxy groups -OCH3 is 1. The van der Waals surface area contributed by atoms with Crippen LogP contribution in [0.15, 0.2) is 30.3 Å². The van der Waals surface area contributed by atoms with E-state index in [0.717, 1.165) is 9.40 Å². The van der Waals surface area contributed by atoms with Crippen molar-refractivity contribution in [1.29, 1.82) is 0 Å². The van der Waals surface area contributed by atoms with Gasteiger partial charge in [-0.2, -0.15) is 0 Å². The third-order valence-corrected chi connectivity index (χ3v) is 7.40. The number of likely N-dealkylation sites (tertiary alicyclic amines) is 1. The van der Waals surface area contributed by atoms with Gasteiger partial charge in [0.15, 0.2) is 0 Å². The number of fused-ring (bicyclic) bond motifs is 3. The lowest BCUT2D eigenvalue weighted by molar-refractivity contribution is -0.155. The zero-order chi connectivity index (χ0) is 18.3. The molecule has 1 fully saturated rings. The first kappa shape index (κ1) is 17.5.